The Kier molecular flexibility index (Phi) is 6.68. The summed E-state index contributed by atoms with van der Waals surface area (Å²) >= 11 is 0. The third kappa shape index (κ3) is 5.96. The Bertz CT molecular complexity index is 1070. The second-order valence-electron chi connectivity index (χ2n) is 5.83. The Hall–Kier alpha value is -3.10. The van der Waals surface area contributed by atoms with Gasteiger partial charge in [-0.3, -0.25) is 0 Å². The Morgan fingerprint density at radius 3 is 2.13 bits per heavy atom. The maximum Gasteiger partial charge on any atom is 0.416 e. The Labute approximate surface area is 170 Å². The molecular weight excluding hydrogens is 460 g/mol. The molecular formula is C16H13F6N3O5S. The first-order chi connectivity index (χ1) is 14.1. The van der Waals surface area contributed by atoms with Gasteiger partial charge in [0.25, 0.3) is 10.0 Å². The molecule has 1 heterocycles. The minimum Gasteiger partial charge on any atom is -0.461 e. The number of benzene rings is 1. The Morgan fingerprint density at radius 1 is 1.10 bits per heavy atom. The smallest absolute Gasteiger partial charge is 0.416 e. The van der Waals surface area contributed by atoms with Crippen LogP contribution in [0.4, 0.5) is 26.3 Å². The molecule has 15 heteroatoms. The first-order valence-electron chi connectivity index (χ1n) is 8.15. The zero-order valence-electron chi connectivity index (χ0n) is 15.6. The predicted octanol–water partition coefficient (Wildman–Crippen LogP) is 3.59. The average Bonchev–Trinajstić information content (AvgIpc) is 3.15. The van der Waals surface area contributed by atoms with Crippen molar-refractivity contribution in [3.8, 4) is 0 Å². The lowest BCUT2D eigenvalue weighted by Gasteiger charge is -2.14. The van der Waals surface area contributed by atoms with Crippen molar-refractivity contribution < 1.29 is 48.8 Å². The molecule has 2 rings (SSSR count). The molecule has 0 fully saturated rings. The molecule has 0 saturated carbocycles. The summed E-state index contributed by atoms with van der Waals surface area (Å²) in [5, 5.41) is 6.75. The van der Waals surface area contributed by atoms with Crippen molar-refractivity contribution in [1.82, 2.24) is 9.99 Å². The third-order valence-corrected chi connectivity index (χ3v) is 4.74. The molecule has 0 spiro atoms. The number of sulfonamides is 1. The molecule has 0 atom stereocenters. The molecule has 0 aliphatic rings. The number of hydrogen-bond acceptors (Lipinski definition) is 7. The Balaban J connectivity index is 2.36. The van der Waals surface area contributed by atoms with Crippen molar-refractivity contribution in [2.45, 2.75) is 31.1 Å². The van der Waals surface area contributed by atoms with E-state index in [1.54, 1.807) is 6.92 Å². The van der Waals surface area contributed by atoms with Gasteiger partial charge in [-0.2, -0.15) is 44.7 Å². The van der Waals surface area contributed by atoms with Crippen LogP contribution in [0.3, 0.4) is 0 Å². The first kappa shape index (κ1) is 24.2. The van der Waals surface area contributed by atoms with Crippen molar-refractivity contribution in [2.24, 2.45) is 5.10 Å². The fourth-order valence-corrected chi connectivity index (χ4v) is 2.99. The van der Waals surface area contributed by atoms with Gasteiger partial charge in [0.15, 0.2) is 11.5 Å². The molecule has 170 valence electrons. The molecule has 0 saturated heterocycles. The molecule has 0 radical (unpaired) electrons. The largest absolute Gasteiger partial charge is 0.461 e. The van der Waals surface area contributed by atoms with Gasteiger partial charge in [-0.05, 0) is 32.0 Å². The SMILES string of the molecule is CCOC(=O)c1cc(/C(C)=N\NS(=O)(=O)c2cc(C(F)(F)F)cc(C(F)(F)F)c2)on1. The molecule has 0 bridgehead atoms. The summed E-state index contributed by atoms with van der Waals surface area (Å²) in [5.41, 5.74) is -4.10. The topological polar surface area (TPSA) is 111 Å². The fourth-order valence-electron chi connectivity index (χ4n) is 2.06. The summed E-state index contributed by atoms with van der Waals surface area (Å²) in [6, 6.07) is 0.918. The number of carbonyl (C=O) groups excluding carboxylic acids is 1. The predicted molar refractivity (Wildman–Crippen MR) is 91.4 cm³/mol. The van der Waals surface area contributed by atoms with Crippen LogP contribution in [-0.4, -0.2) is 31.9 Å². The second kappa shape index (κ2) is 8.56. The van der Waals surface area contributed by atoms with Crippen molar-refractivity contribution in [3.05, 3.63) is 46.8 Å². The van der Waals surface area contributed by atoms with Crippen molar-refractivity contribution in [1.29, 1.82) is 0 Å². The van der Waals surface area contributed by atoms with E-state index in [4.69, 9.17) is 4.52 Å². The molecule has 1 N–H and O–H groups in total. The normalized spacial score (nSPS) is 13.2. The zero-order valence-corrected chi connectivity index (χ0v) is 16.4. The number of aromatic nitrogens is 1. The monoisotopic (exact) mass is 473 g/mol. The lowest BCUT2D eigenvalue weighted by Crippen LogP contribution is -2.22. The maximum atomic E-state index is 12.9. The van der Waals surface area contributed by atoms with Crippen LogP contribution >= 0.6 is 0 Å². The van der Waals surface area contributed by atoms with Crippen molar-refractivity contribution >= 4 is 21.7 Å². The van der Waals surface area contributed by atoms with Crippen LogP contribution in [-0.2, 0) is 27.1 Å². The number of hydrazone groups is 1. The third-order valence-electron chi connectivity index (χ3n) is 3.56. The maximum absolute atomic E-state index is 12.9. The van der Waals surface area contributed by atoms with E-state index in [0.717, 1.165) is 6.07 Å². The van der Waals surface area contributed by atoms with Crippen molar-refractivity contribution in [3.63, 3.8) is 0 Å². The molecule has 0 amide bonds. The summed E-state index contributed by atoms with van der Waals surface area (Å²) in [5.74, 6) is -1.04. The van der Waals surface area contributed by atoms with Crippen LogP contribution in [0.25, 0.3) is 0 Å². The summed E-state index contributed by atoms with van der Waals surface area (Å²) in [4.78, 5) is 11.7. The van der Waals surface area contributed by atoms with E-state index in [2.05, 4.69) is 15.0 Å². The molecule has 0 aliphatic heterocycles. The van der Waals surface area contributed by atoms with E-state index >= 15 is 0 Å². The van der Waals surface area contributed by atoms with E-state index in [1.807, 2.05) is 0 Å². The molecule has 31 heavy (non-hydrogen) atoms. The van der Waals surface area contributed by atoms with Gasteiger partial charge >= 0.3 is 18.3 Å². The lowest BCUT2D eigenvalue weighted by molar-refractivity contribution is -0.143. The van der Waals surface area contributed by atoms with Gasteiger partial charge in [0.05, 0.1) is 22.6 Å². The minimum atomic E-state index is -5.23. The van der Waals surface area contributed by atoms with Crippen LogP contribution in [0.15, 0.2) is 38.8 Å². The molecule has 0 aliphatic carbocycles. The summed E-state index contributed by atoms with van der Waals surface area (Å²) < 4.78 is 111. The van der Waals surface area contributed by atoms with Crippen LogP contribution in [0.1, 0.15) is 41.2 Å². The van der Waals surface area contributed by atoms with Gasteiger partial charge in [0, 0.05) is 6.07 Å². The van der Waals surface area contributed by atoms with Gasteiger partial charge in [0.1, 0.15) is 5.71 Å². The van der Waals surface area contributed by atoms with E-state index in [0.29, 0.717) is 0 Å². The van der Waals surface area contributed by atoms with Gasteiger partial charge in [-0.1, -0.05) is 5.16 Å². The fraction of sp³-hybridized carbons (Fsp3) is 0.312. The molecule has 2 aromatic rings. The minimum absolute atomic E-state index is 0.0374. The van der Waals surface area contributed by atoms with Crippen LogP contribution < -0.4 is 4.83 Å². The highest BCUT2D eigenvalue weighted by molar-refractivity contribution is 7.89. The van der Waals surface area contributed by atoms with Crippen molar-refractivity contribution in [2.75, 3.05) is 6.61 Å². The lowest BCUT2D eigenvalue weighted by atomic mass is 10.1. The first-order valence-corrected chi connectivity index (χ1v) is 9.63. The second-order valence-corrected chi connectivity index (χ2v) is 7.49. The van der Waals surface area contributed by atoms with E-state index in [1.165, 1.54) is 11.8 Å². The number of hydrogen-bond donors (Lipinski definition) is 1. The van der Waals surface area contributed by atoms with Gasteiger partial charge in [0.2, 0.25) is 0 Å². The highest BCUT2D eigenvalue weighted by Crippen LogP contribution is 2.37. The highest BCUT2D eigenvalue weighted by atomic mass is 32.2. The number of halogens is 6. The summed E-state index contributed by atoms with van der Waals surface area (Å²) in [6.45, 7) is 2.77. The summed E-state index contributed by atoms with van der Waals surface area (Å²) in [7, 11) is -4.94. The number of nitrogens with zero attached hydrogens (tertiary/aromatic N) is 2. The van der Waals surface area contributed by atoms with Crippen LogP contribution in [0.5, 0.6) is 0 Å². The number of rotatable bonds is 6. The number of alkyl halides is 6. The highest BCUT2D eigenvalue weighted by Gasteiger charge is 2.38. The van der Waals surface area contributed by atoms with Crippen LogP contribution in [0, 0.1) is 0 Å². The number of ether oxygens (including phenoxy) is 1. The summed E-state index contributed by atoms with van der Waals surface area (Å²) in [6.07, 6.45) is -10.5. The molecule has 8 nitrogen and oxygen atoms in total. The van der Waals surface area contributed by atoms with Gasteiger partial charge < -0.3 is 9.26 Å². The van der Waals surface area contributed by atoms with E-state index in [-0.39, 0.29) is 42.0 Å². The van der Waals surface area contributed by atoms with E-state index < -0.39 is 44.4 Å². The van der Waals surface area contributed by atoms with Gasteiger partial charge in [-0.15, -0.1) is 0 Å². The number of carbonyl (C=O) groups is 1. The Morgan fingerprint density at radius 2 is 1.65 bits per heavy atom. The van der Waals surface area contributed by atoms with Gasteiger partial charge in [-0.25, -0.2) is 4.79 Å². The number of nitrogens with one attached hydrogen (secondary N) is 1. The quantitative estimate of drug-likeness (QED) is 0.297. The van der Waals surface area contributed by atoms with Crippen LogP contribution in [0.2, 0.25) is 0 Å². The molecule has 0 unspecified atom stereocenters. The molecule has 1 aromatic carbocycles. The number of esters is 1. The zero-order chi connectivity index (χ0) is 23.6. The standard InChI is InChI=1S/C16H13F6N3O5S/c1-3-29-14(26)12-7-13(30-24-12)8(2)23-25-31(27,28)11-5-9(15(17,18)19)4-10(6-11)16(20,21)22/h4-7,25H,3H2,1-2H3/b23-8-. The van der Waals surface area contributed by atoms with E-state index in [9.17, 15) is 39.6 Å². The molecule has 1 aromatic heterocycles. The average molecular weight is 473 g/mol.